The molecule has 2 aromatic carbocycles. The van der Waals surface area contributed by atoms with Crippen molar-refractivity contribution >= 4 is 11.6 Å². The van der Waals surface area contributed by atoms with Crippen LogP contribution in [0, 0.1) is 18.8 Å². The minimum atomic E-state index is -4.46. The zero-order valence-electron chi connectivity index (χ0n) is 21.5. The van der Waals surface area contributed by atoms with Crippen LogP contribution >= 0.6 is 0 Å². The van der Waals surface area contributed by atoms with E-state index in [4.69, 9.17) is 4.98 Å². The molecule has 37 heavy (non-hydrogen) atoms. The summed E-state index contributed by atoms with van der Waals surface area (Å²) < 4.78 is 42.4. The van der Waals surface area contributed by atoms with Crippen LogP contribution in [0.2, 0.25) is 0 Å². The van der Waals surface area contributed by atoms with Gasteiger partial charge in [0.1, 0.15) is 0 Å². The van der Waals surface area contributed by atoms with Crippen LogP contribution in [-0.2, 0) is 19.3 Å². The smallest absolute Gasteiger partial charge is 0.298 e. The van der Waals surface area contributed by atoms with E-state index in [0.29, 0.717) is 54.5 Å². The van der Waals surface area contributed by atoms with Gasteiger partial charge in [-0.15, -0.1) is 0 Å². The Morgan fingerprint density at radius 2 is 1.76 bits per heavy atom. The zero-order valence-corrected chi connectivity index (χ0v) is 21.5. The van der Waals surface area contributed by atoms with Gasteiger partial charge in [-0.1, -0.05) is 63.1 Å². The van der Waals surface area contributed by atoms with E-state index in [1.54, 1.807) is 15.5 Å². The Balaban J connectivity index is 1.61. The molecule has 0 bridgehead atoms. The maximum atomic E-state index is 13.9. The summed E-state index contributed by atoms with van der Waals surface area (Å²) in [7, 11) is 0. The lowest BCUT2D eigenvalue weighted by Gasteiger charge is -2.46. The third-order valence-corrected chi connectivity index (χ3v) is 8.18. The molecule has 0 radical (unpaired) electrons. The normalized spacial score (nSPS) is 22.6. The topological polar surface area (TPSA) is 41.4 Å². The molecule has 1 saturated carbocycles. The van der Waals surface area contributed by atoms with E-state index in [0.717, 1.165) is 30.5 Å². The van der Waals surface area contributed by atoms with Crippen LogP contribution in [0.5, 0.6) is 0 Å². The molecule has 196 valence electrons. The van der Waals surface area contributed by atoms with E-state index in [1.165, 1.54) is 12.5 Å². The Labute approximate surface area is 215 Å². The van der Waals surface area contributed by atoms with Gasteiger partial charge in [-0.2, -0.15) is 13.2 Å². The Morgan fingerprint density at radius 3 is 2.49 bits per heavy atom. The Bertz CT molecular complexity index is 1320. The summed E-state index contributed by atoms with van der Waals surface area (Å²) in [6.45, 7) is 7.07. The fourth-order valence-corrected chi connectivity index (χ4v) is 5.82. The number of anilines is 2. The van der Waals surface area contributed by atoms with Crippen molar-refractivity contribution in [2.24, 2.45) is 11.8 Å². The predicted octanol–water partition coefficient (Wildman–Crippen LogP) is 6.35. The second kappa shape index (κ2) is 9.97. The number of hydrogen-bond acceptors (Lipinski definition) is 4. The van der Waals surface area contributed by atoms with Crippen molar-refractivity contribution in [3.05, 3.63) is 87.3 Å². The summed E-state index contributed by atoms with van der Waals surface area (Å²) in [6, 6.07) is 15.3. The average Bonchev–Trinajstić information content (AvgIpc) is 2.88. The van der Waals surface area contributed by atoms with E-state index in [9.17, 15) is 18.0 Å². The lowest BCUT2D eigenvalue weighted by molar-refractivity contribution is -0.137. The van der Waals surface area contributed by atoms with Gasteiger partial charge in [-0.3, -0.25) is 19.2 Å². The number of benzene rings is 2. The van der Waals surface area contributed by atoms with E-state index in [-0.39, 0.29) is 11.6 Å². The summed E-state index contributed by atoms with van der Waals surface area (Å²) in [5, 5.41) is 0. The second-order valence-corrected chi connectivity index (χ2v) is 10.6. The molecule has 3 atom stereocenters. The van der Waals surface area contributed by atoms with Crippen LogP contribution in [0.15, 0.2) is 59.4 Å². The van der Waals surface area contributed by atoms with Crippen LogP contribution in [-0.4, -0.2) is 27.2 Å². The lowest BCUT2D eigenvalue weighted by Crippen LogP contribution is -2.54. The van der Waals surface area contributed by atoms with Crippen molar-refractivity contribution in [3.8, 4) is 0 Å². The number of nitrogens with zero attached hydrogens (tertiary/aromatic N) is 4. The first-order valence-corrected chi connectivity index (χ1v) is 13.0. The van der Waals surface area contributed by atoms with Gasteiger partial charge in [0.05, 0.1) is 24.6 Å². The molecule has 0 N–H and O–H groups in total. The molecular weight excluding hydrogens is 477 g/mol. The highest BCUT2D eigenvalue weighted by Gasteiger charge is 2.37. The third-order valence-electron chi connectivity index (χ3n) is 8.18. The highest BCUT2D eigenvalue weighted by atomic mass is 19.4. The SMILES string of the molecule is Cc1nc2n(c(=O)c1Cc1ccccc1)CN(C1CCCC(C)C1C)CN2c1cccc(C(F)(F)F)c1. The molecule has 8 heteroatoms. The van der Waals surface area contributed by atoms with Crippen molar-refractivity contribution in [1.29, 1.82) is 0 Å². The fraction of sp³-hybridized carbons (Fsp3) is 0.448. The van der Waals surface area contributed by atoms with Gasteiger partial charge in [0, 0.05) is 23.7 Å². The minimum Gasteiger partial charge on any atom is -0.298 e. The molecular formula is C29H33F3N4O. The van der Waals surface area contributed by atoms with Crippen LogP contribution in [0.4, 0.5) is 24.8 Å². The predicted molar refractivity (Wildman–Crippen MR) is 139 cm³/mol. The number of fused-ring (bicyclic) bond motifs is 1. The van der Waals surface area contributed by atoms with Gasteiger partial charge in [0.2, 0.25) is 5.95 Å². The van der Waals surface area contributed by atoms with E-state index < -0.39 is 11.7 Å². The van der Waals surface area contributed by atoms with Gasteiger partial charge >= 0.3 is 6.18 Å². The monoisotopic (exact) mass is 510 g/mol. The van der Waals surface area contributed by atoms with Crippen LogP contribution in [0.1, 0.15) is 55.5 Å². The third kappa shape index (κ3) is 5.04. The molecule has 3 unspecified atom stereocenters. The van der Waals surface area contributed by atoms with Crippen molar-refractivity contribution < 1.29 is 13.2 Å². The van der Waals surface area contributed by atoms with Crippen molar-refractivity contribution in [3.63, 3.8) is 0 Å². The number of rotatable bonds is 4. The van der Waals surface area contributed by atoms with E-state index >= 15 is 0 Å². The standard InChI is InChI=1S/C29H33F3N4O/c1-19-9-7-14-26(20(19)2)34-17-35(24-13-8-12-23(16-24)29(30,31)32)28-33-21(3)25(27(37)36(28)18-34)15-22-10-5-4-6-11-22/h4-6,8,10-13,16,19-20,26H,7,9,14-15,17-18H2,1-3H3. The first-order chi connectivity index (χ1) is 17.6. The number of halogens is 3. The number of alkyl halides is 3. The molecule has 5 nitrogen and oxygen atoms in total. The van der Waals surface area contributed by atoms with Crippen molar-refractivity contribution in [1.82, 2.24) is 14.5 Å². The maximum Gasteiger partial charge on any atom is 0.416 e. The van der Waals surface area contributed by atoms with E-state index in [1.807, 2.05) is 37.3 Å². The first-order valence-electron chi connectivity index (χ1n) is 13.0. The summed E-state index contributed by atoms with van der Waals surface area (Å²) in [5.74, 6) is 1.35. The molecule has 3 aromatic rings. The highest BCUT2D eigenvalue weighted by Crippen LogP contribution is 2.38. The number of hydrogen-bond donors (Lipinski definition) is 0. The Hall–Kier alpha value is -3.13. The van der Waals surface area contributed by atoms with Gasteiger partial charge in [0.15, 0.2) is 0 Å². The fourth-order valence-electron chi connectivity index (χ4n) is 5.82. The highest BCUT2D eigenvalue weighted by molar-refractivity contribution is 5.60. The summed E-state index contributed by atoms with van der Waals surface area (Å²) >= 11 is 0. The molecule has 0 amide bonds. The van der Waals surface area contributed by atoms with Gasteiger partial charge < -0.3 is 0 Å². The average molecular weight is 511 g/mol. The van der Waals surface area contributed by atoms with Gasteiger partial charge in [-0.25, -0.2) is 4.98 Å². The number of aryl methyl sites for hydroxylation is 1. The minimum absolute atomic E-state index is 0.135. The van der Waals surface area contributed by atoms with Crippen molar-refractivity contribution in [2.75, 3.05) is 11.6 Å². The Morgan fingerprint density at radius 1 is 1.00 bits per heavy atom. The summed E-state index contributed by atoms with van der Waals surface area (Å²) in [6.07, 6.45) is -0.729. The summed E-state index contributed by atoms with van der Waals surface area (Å²) in [4.78, 5) is 22.7. The largest absolute Gasteiger partial charge is 0.416 e. The maximum absolute atomic E-state index is 13.9. The molecule has 1 aliphatic heterocycles. The Kier molecular flexibility index (Phi) is 6.88. The molecule has 1 aliphatic carbocycles. The molecule has 1 aromatic heterocycles. The molecule has 0 saturated heterocycles. The number of aromatic nitrogens is 2. The zero-order chi connectivity index (χ0) is 26.3. The quantitative estimate of drug-likeness (QED) is 0.410. The molecule has 2 heterocycles. The van der Waals surface area contributed by atoms with Crippen LogP contribution in [0.25, 0.3) is 0 Å². The molecule has 5 rings (SSSR count). The molecule has 1 fully saturated rings. The van der Waals surface area contributed by atoms with Gasteiger partial charge in [0.25, 0.3) is 5.56 Å². The summed E-state index contributed by atoms with van der Waals surface area (Å²) in [5.41, 5.74) is 1.77. The van der Waals surface area contributed by atoms with Crippen molar-refractivity contribution in [2.45, 2.75) is 65.3 Å². The molecule has 0 spiro atoms. The van der Waals surface area contributed by atoms with E-state index in [2.05, 4.69) is 18.7 Å². The lowest BCUT2D eigenvalue weighted by atomic mass is 9.77. The second-order valence-electron chi connectivity index (χ2n) is 10.6. The molecule has 2 aliphatic rings. The first kappa shape index (κ1) is 25.5. The van der Waals surface area contributed by atoms with Crippen LogP contribution < -0.4 is 10.5 Å². The van der Waals surface area contributed by atoms with Crippen LogP contribution in [0.3, 0.4) is 0 Å². The van der Waals surface area contributed by atoms with Gasteiger partial charge in [-0.05, 0) is 48.9 Å².